The number of benzene rings is 1. The molecule has 15 nitrogen and oxygen atoms in total. The van der Waals surface area contributed by atoms with Crippen LogP contribution in [0.25, 0.3) is 0 Å². The lowest BCUT2D eigenvalue weighted by Crippen LogP contribution is -2.62. The number of carbonyl (C=O) groups is 6. The van der Waals surface area contributed by atoms with Crippen LogP contribution in [-0.4, -0.2) is 106 Å². The Labute approximate surface area is 334 Å². The van der Waals surface area contributed by atoms with Crippen molar-refractivity contribution >= 4 is 35.4 Å². The number of hydrogen-bond donors (Lipinski definition) is 7. The van der Waals surface area contributed by atoms with Crippen LogP contribution >= 0.6 is 0 Å². The topological polar surface area (TPSA) is 224 Å². The van der Waals surface area contributed by atoms with E-state index in [1.807, 2.05) is 0 Å². The molecule has 3 rings (SSSR count). The molecule has 57 heavy (non-hydrogen) atoms. The summed E-state index contributed by atoms with van der Waals surface area (Å²) >= 11 is 0. The number of ketones is 1. The van der Waals surface area contributed by atoms with Gasteiger partial charge in [-0.15, -0.1) is 0 Å². The fourth-order valence-electron chi connectivity index (χ4n) is 6.52. The average molecular weight is 794 g/mol. The molecule has 8 atom stereocenters. The number of fused-ring (bicyclic) bond motifs is 2. The molecule has 8 unspecified atom stereocenters. The number of hydrazine groups is 1. The zero-order chi connectivity index (χ0) is 42.2. The van der Waals surface area contributed by atoms with Crippen LogP contribution in [0.5, 0.6) is 5.75 Å². The van der Waals surface area contributed by atoms with Crippen LogP contribution in [0.4, 0.5) is 0 Å². The number of amides is 4. The van der Waals surface area contributed by atoms with Crippen molar-refractivity contribution in [2.75, 3.05) is 13.6 Å². The van der Waals surface area contributed by atoms with E-state index in [-0.39, 0.29) is 49.7 Å². The first kappa shape index (κ1) is 46.3. The second-order valence-electron chi connectivity index (χ2n) is 15.0. The summed E-state index contributed by atoms with van der Waals surface area (Å²) in [6.07, 6.45) is 8.34. The van der Waals surface area contributed by atoms with Gasteiger partial charge in [0.25, 0.3) is 5.91 Å². The number of aromatic hydroxyl groups is 1. The summed E-state index contributed by atoms with van der Waals surface area (Å²) in [5, 5.41) is 41.9. The van der Waals surface area contributed by atoms with E-state index >= 15 is 0 Å². The van der Waals surface area contributed by atoms with Crippen LogP contribution < -0.4 is 21.4 Å². The minimum absolute atomic E-state index is 0.0272. The first-order valence-corrected chi connectivity index (χ1v) is 19.4. The SMILES string of the molecule is CNC(=O)C=CC=C(C)C1CC=CC=CC(O)C(C)C(O)C(CCC(C)=O)C(=O)NC(C(C)C)C(=O)NC(Cc2cccc(O)c2)C(=O)N2CCCC(N2)C(=O)O1. The van der Waals surface area contributed by atoms with Crippen molar-refractivity contribution < 1.29 is 48.8 Å². The van der Waals surface area contributed by atoms with Crippen molar-refractivity contribution in [2.24, 2.45) is 17.8 Å². The first-order chi connectivity index (χ1) is 27.0. The maximum atomic E-state index is 14.3. The summed E-state index contributed by atoms with van der Waals surface area (Å²) in [7, 11) is 1.50. The van der Waals surface area contributed by atoms with E-state index < -0.39 is 77.9 Å². The summed E-state index contributed by atoms with van der Waals surface area (Å²) in [4.78, 5) is 79.6. The lowest BCUT2D eigenvalue weighted by molar-refractivity contribution is -0.156. The number of Topliss-reactive ketones (excluding diaryl/α,β-unsaturated/α-hetero) is 1. The van der Waals surface area contributed by atoms with Crippen LogP contribution in [-0.2, 0) is 39.9 Å². The van der Waals surface area contributed by atoms with Crippen molar-refractivity contribution in [1.29, 1.82) is 0 Å². The molecule has 15 heteroatoms. The highest BCUT2D eigenvalue weighted by Gasteiger charge is 2.38. The number of likely N-dealkylation sites (N-methyl/N-ethyl adjacent to an activating group) is 1. The van der Waals surface area contributed by atoms with Gasteiger partial charge in [0.1, 0.15) is 35.8 Å². The summed E-state index contributed by atoms with van der Waals surface area (Å²) in [6.45, 7) is 8.30. The second-order valence-corrected chi connectivity index (χ2v) is 15.0. The van der Waals surface area contributed by atoms with Crippen molar-refractivity contribution in [3.05, 3.63) is 77.9 Å². The van der Waals surface area contributed by atoms with Crippen LogP contribution in [0.2, 0.25) is 0 Å². The molecular weight excluding hydrogens is 734 g/mol. The molecule has 7 N–H and O–H groups in total. The molecule has 0 saturated carbocycles. The highest BCUT2D eigenvalue weighted by molar-refractivity contribution is 5.93. The predicted molar refractivity (Wildman–Crippen MR) is 213 cm³/mol. The standard InChI is InChI=1S/C42H59N5O10/c1-25(2)37-40(54)44-33(24-29-14-11-15-30(49)23-29)41(55)47-22-12-16-32(46-47)42(56)57-35(26(3)13-10-19-36(51)43-6)18-9-7-8-17-34(50)28(5)38(52)31(39(53)45-37)21-20-27(4)48/h7-11,13-15,17,19,23,25,28,31-35,37-38,46,49-50,52H,12,16,18,20-22,24H2,1-6H3,(H,43,51)(H,44,54)(H,45,53). The molecule has 0 aliphatic carbocycles. The number of cyclic esters (lactones) is 1. The van der Waals surface area contributed by atoms with Gasteiger partial charge in [0.2, 0.25) is 17.7 Å². The van der Waals surface area contributed by atoms with Crippen LogP contribution in [0, 0.1) is 17.8 Å². The van der Waals surface area contributed by atoms with Crippen LogP contribution in [0.15, 0.2) is 72.4 Å². The zero-order valence-corrected chi connectivity index (χ0v) is 33.6. The third kappa shape index (κ3) is 14.4. The summed E-state index contributed by atoms with van der Waals surface area (Å²) in [6, 6.07) is 2.92. The third-order valence-electron chi connectivity index (χ3n) is 10.1. The Morgan fingerprint density at radius 1 is 1.07 bits per heavy atom. The summed E-state index contributed by atoms with van der Waals surface area (Å²) in [5.74, 6) is -5.68. The number of carbonyl (C=O) groups excluding carboxylic acids is 6. The molecule has 0 aromatic heterocycles. The van der Waals surface area contributed by atoms with Gasteiger partial charge in [-0.05, 0) is 62.3 Å². The normalized spacial score (nSPS) is 27.6. The Hall–Kier alpha value is -5.12. The minimum atomic E-state index is -1.42. The largest absolute Gasteiger partial charge is 0.508 e. The number of allylic oxidation sites excluding steroid dienone is 4. The molecule has 2 bridgehead atoms. The van der Waals surface area contributed by atoms with Gasteiger partial charge in [-0.3, -0.25) is 29.0 Å². The number of phenolic OH excluding ortho intramolecular Hbond substituents is 1. The number of hydrogen-bond acceptors (Lipinski definition) is 11. The molecule has 4 amide bonds. The predicted octanol–water partition coefficient (Wildman–Crippen LogP) is 2.08. The quantitative estimate of drug-likeness (QED) is 0.109. The first-order valence-electron chi connectivity index (χ1n) is 19.4. The molecule has 1 aromatic rings. The van der Waals surface area contributed by atoms with Gasteiger partial charge in [0.15, 0.2) is 0 Å². The monoisotopic (exact) mass is 793 g/mol. The van der Waals surface area contributed by atoms with Crippen molar-refractivity contribution in [3.63, 3.8) is 0 Å². The maximum Gasteiger partial charge on any atom is 0.325 e. The molecule has 2 aliphatic heterocycles. The highest BCUT2D eigenvalue weighted by Crippen LogP contribution is 2.24. The molecule has 1 aromatic carbocycles. The summed E-state index contributed by atoms with van der Waals surface area (Å²) < 4.78 is 5.97. The molecule has 2 heterocycles. The maximum absolute atomic E-state index is 14.3. The van der Waals surface area contributed by atoms with Crippen LogP contribution in [0.3, 0.4) is 0 Å². The van der Waals surface area contributed by atoms with E-state index in [9.17, 15) is 44.1 Å². The zero-order valence-electron chi connectivity index (χ0n) is 33.6. The molecule has 1 fully saturated rings. The number of aliphatic hydroxyl groups is 2. The van der Waals surface area contributed by atoms with Gasteiger partial charge in [-0.1, -0.05) is 69.4 Å². The Balaban J connectivity index is 2.08. The van der Waals surface area contributed by atoms with Gasteiger partial charge < -0.3 is 40.8 Å². The molecule has 312 valence electrons. The fourth-order valence-corrected chi connectivity index (χ4v) is 6.52. The van der Waals surface area contributed by atoms with E-state index in [1.165, 1.54) is 49.3 Å². The van der Waals surface area contributed by atoms with Gasteiger partial charge in [-0.25, -0.2) is 5.43 Å². The molecule has 0 radical (unpaired) electrons. The second kappa shape index (κ2) is 22.6. The number of rotatable bonds is 9. The Kier molecular flexibility index (Phi) is 18.3. The Bertz CT molecular complexity index is 1700. The van der Waals surface area contributed by atoms with Crippen molar-refractivity contribution in [3.8, 4) is 5.75 Å². The number of esters is 1. The third-order valence-corrected chi connectivity index (χ3v) is 10.1. The molecule has 1 saturated heterocycles. The smallest absolute Gasteiger partial charge is 0.325 e. The Morgan fingerprint density at radius 3 is 2.47 bits per heavy atom. The Morgan fingerprint density at radius 2 is 1.81 bits per heavy atom. The van der Waals surface area contributed by atoms with Gasteiger partial charge in [-0.2, -0.15) is 0 Å². The fraction of sp³-hybridized carbons (Fsp3) is 0.524. The van der Waals surface area contributed by atoms with Gasteiger partial charge in [0.05, 0.1) is 18.1 Å². The van der Waals surface area contributed by atoms with E-state index in [0.29, 0.717) is 24.0 Å². The molecule has 0 spiro atoms. The number of aliphatic hydroxyl groups excluding tert-OH is 2. The molecule has 2 aliphatic rings. The van der Waals surface area contributed by atoms with Gasteiger partial charge >= 0.3 is 5.97 Å². The van der Waals surface area contributed by atoms with Gasteiger partial charge in [0, 0.05) is 44.8 Å². The number of nitrogens with zero attached hydrogens (tertiary/aromatic N) is 1. The lowest BCUT2D eigenvalue weighted by atomic mass is 9.84. The molecular formula is C42H59N5O10. The van der Waals surface area contributed by atoms with Crippen molar-refractivity contribution in [1.82, 2.24) is 26.4 Å². The van der Waals surface area contributed by atoms with E-state index in [4.69, 9.17) is 4.74 Å². The number of phenols is 1. The van der Waals surface area contributed by atoms with Crippen LogP contribution in [0.1, 0.15) is 72.3 Å². The van der Waals surface area contributed by atoms with E-state index in [1.54, 1.807) is 64.1 Å². The minimum Gasteiger partial charge on any atom is -0.508 e. The summed E-state index contributed by atoms with van der Waals surface area (Å²) in [5.41, 5.74) is 4.14. The average Bonchev–Trinajstić information content (AvgIpc) is 3.17. The number of ether oxygens (including phenoxy) is 1. The van der Waals surface area contributed by atoms with E-state index in [2.05, 4.69) is 21.4 Å². The lowest BCUT2D eigenvalue weighted by Gasteiger charge is -2.36. The van der Waals surface area contributed by atoms with E-state index in [0.717, 1.165) is 0 Å². The van der Waals surface area contributed by atoms with Crippen molar-refractivity contribution in [2.45, 2.75) is 110 Å². The highest BCUT2D eigenvalue weighted by atomic mass is 16.5. The number of nitrogens with one attached hydrogen (secondary N) is 4.